The Morgan fingerprint density at radius 3 is 1.80 bits per heavy atom. The van der Waals surface area contributed by atoms with E-state index < -0.39 is 32.0 Å². The summed E-state index contributed by atoms with van der Waals surface area (Å²) in [5.41, 5.74) is 3.93. The molecule has 0 aliphatic rings. The van der Waals surface area contributed by atoms with Crippen molar-refractivity contribution in [2.75, 3.05) is 20.6 Å². The second kappa shape index (κ2) is 10.1. The second-order valence-electron chi connectivity index (χ2n) is 8.57. The van der Waals surface area contributed by atoms with Gasteiger partial charge in [0.25, 0.3) is 10.0 Å². The summed E-state index contributed by atoms with van der Waals surface area (Å²) in [7, 11) is -7.58. The molecule has 1 amide bonds. The molecule has 186 valence electrons. The van der Waals surface area contributed by atoms with Crippen molar-refractivity contribution >= 4 is 43.0 Å². The van der Waals surface area contributed by atoms with Gasteiger partial charge in [-0.1, -0.05) is 23.8 Å². The number of carbonyl (C=O) groups is 1. The summed E-state index contributed by atoms with van der Waals surface area (Å²) >= 11 is 0. The van der Waals surface area contributed by atoms with Gasteiger partial charge in [0.2, 0.25) is 15.9 Å². The highest BCUT2D eigenvalue weighted by molar-refractivity contribution is 7.92. The Balaban J connectivity index is 1.78. The fourth-order valence-electron chi connectivity index (χ4n) is 3.69. The Bertz CT molecular complexity index is 1410. The Morgan fingerprint density at radius 2 is 1.29 bits per heavy atom. The van der Waals surface area contributed by atoms with Gasteiger partial charge in [-0.15, -0.1) is 0 Å². The quantitative estimate of drug-likeness (QED) is 0.467. The molecule has 35 heavy (non-hydrogen) atoms. The molecule has 3 rings (SSSR count). The van der Waals surface area contributed by atoms with Gasteiger partial charge in [0.1, 0.15) is 6.04 Å². The van der Waals surface area contributed by atoms with Gasteiger partial charge in [-0.2, -0.15) is 0 Å². The zero-order chi connectivity index (χ0) is 26.0. The van der Waals surface area contributed by atoms with Crippen LogP contribution in [0.25, 0.3) is 0 Å². The predicted octanol–water partition coefficient (Wildman–Crippen LogP) is 4.21. The third-order valence-corrected chi connectivity index (χ3v) is 7.92. The third kappa shape index (κ3) is 6.61. The zero-order valence-corrected chi connectivity index (χ0v) is 21.9. The van der Waals surface area contributed by atoms with Crippen molar-refractivity contribution in [1.82, 2.24) is 0 Å². The molecule has 2 N–H and O–H groups in total. The molecule has 10 heteroatoms. The Kier molecular flexibility index (Phi) is 7.56. The number of sulfonamides is 2. The Morgan fingerprint density at radius 1 is 0.771 bits per heavy atom. The van der Waals surface area contributed by atoms with Crippen molar-refractivity contribution in [2.24, 2.45) is 0 Å². The summed E-state index contributed by atoms with van der Waals surface area (Å²) in [6, 6.07) is 16.9. The molecule has 0 saturated carbocycles. The van der Waals surface area contributed by atoms with Crippen molar-refractivity contribution < 1.29 is 21.6 Å². The monoisotopic (exact) mass is 515 g/mol. The van der Waals surface area contributed by atoms with Gasteiger partial charge in [0.15, 0.2) is 0 Å². The average Bonchev–Trinajstić information content (AvgIpc) is 2.74. The molecule has 0 heterocycles. The molecule has 0 saturated heterocycles. The largest absolute Gasteiger partial charge is 0.324 e. The van der Waals surface area contributed by atoms with E-state index in [2.05, 4.69) is 10.0 Å². The molecule has 0 aliphatic carbocycles. The smallest absolute Gasteiger partial charge is 0.261 e. The molecule has 0 fully saturated rings. The van der Waals surface area contributed by atoms with Gasteiger partial charge in [-0.3, -0.25) is 13.8 Å². The van der Waals surface area contributed by atoms with Crippen LogP contribution in [0.5, 0.6) is 0 Å². The number of amides is 1. The number of hydrogen-bond acceptors (Lipinski definition) is 5. The maximum atomic E-state index is 12.9. The van der Waals surface area contributed by atoms with Crippen molar-refractivity contribution in [2.45, 2.75) is 38.6 Å². The summed E-state index contributed by atoms with van der Waals surface area (Å²) in [6.45, 7) is 7.11. The number of nitrogens with one attached hydrogen (secondary N) is 2. The van der Waals surface area contributed by atoms with E-state index in [4.69, 9.17) is 0 Å². The van der Waals surface area contributed by atoms with Crippen LogP contribution in [-0.4, -0.2) is 35.0 Å². The lowest BCUT2D eigenvalue weighted by atomic mass is 10.1. The highest BCUT2D eigenvalue weighted by atomic mass is 32.2. The van der Waals surface area contributed by atoms with E-state index in [1.54, 1.807) is 36.4 Å². The van der Waals surface area contributed by atoms with E-state index in [0.29, 0.717) is 17.1 Å². The summed E-state index contributed by atoms with van der Waals surface area (Å²) in [4.78, 5) is 13.0. The lowest BCUT2D eigenvalue weighted by molar-refractivity contribution is -0.116. The number of hydrogen-bond donors (Lipinski definition) is 2. The van der Waals surface area contributed by atoms with Crippen molar-refractivity contribution in [1.29, 1.82) is 0 Å². The minimum absolute atomic E-state index is 0.0251. The molecule has 3 aromatic carbocycles. The van der Waals surface area contributed by atoms with E-state index in [9.17, 15) is 21.6 Å². The van der Waals surface area contributed by atoms with E-state index in [1.165, 1.54) is 31.2 Å². The predicted molar refractivity (Wildman–Crippen MR) is 140 cm³/mol. The SMILES string of the molecule is Cc1ccc(NS(=O)(=O)c2ccc(NC(=O)[C@@H](C)N(c3cc(C)cc(C)c3)S(C)(=O)=O)cc2)cc1. The first-order valence-corrected chi connectivity index (χ1v) is 14.2. The second-order valence-corrected chi connectivity index (χ2v) is 12.1. The van der Waals surface area contributed by atoms with Crippen LogP contribution in [0, 0.1) is 20.8 Å². The fraction of sp³-hybridized carbons (Fsp3) is 0.240. The van der Waals surface area contributed by atoms with Crippen molar-refractivity contribution in [3.63, 3.8) is 0 Å². The normalized spacial score (nSPS) is 12.6. The fourth-order valence-corrected chi connectivity index (χ4v) is 5.90. The minimum Gasteiger partial charge on any atom is -0.324 e. The molecule has 0 aliphatic heterocycles. The molecule has 0 unspecified atom stereocenters. The third-order valence-electron chi connectivity index (χ3n) is 5.29. The number of rotatable bonds is 8. The van der Waals surface area contributed by atoms with Gasteiger partial charge in [-0.05, 0) is 87.4 Å². The molecule has 8 nitrogen and oxygen atoms in total. The molecular formula is C25H29N3O5S2. The summed E-state index contributed by atoms with van der Waals surface area (Å²) in [6.07, 6.45) is 1.05. The maximum absolute atomic E-state index is 12.9. The van der Waals surface area contributed by atoms with E-state index >= 15 is 0 Å². The van der Waals surface area contributed by atoms with Crippen LogP contribution >= 0.6 is 0 Å². The van der Waals surface area contributed by atoms with Gasteiger partial charge in [0, 0.05) is 11.4 Å². The first-order valence-electron chi connectivity index (χ1n) is 10.8. The molecular weight excluding hydrogens is 486 g/mol. The van der Waals surface area contributed by atoms with Crippen LogP contribution in [0.1, 0.15) is 23.6 Å². The Hall–Kier alpha value is -3.37. The number of aryl methyl sites for hydroxylation is 3. The highest BCUT2D eigenvalue weighted by Gasteiger charge is 2.29. The topological polar surface area (TPSA) is 113 Å². The van der Waals surface area contributed by atoms with E-state index in [1.807, 2.05) is 26.8 Å². The van der Waals surface area contributed by atoms with Crippen LogP contribution in [0.2, 0.25) is 0 Å². The molecule has 0 aromatic heterocycles. The molecule has 0 spiro atoms. The minimum atomic E-state index is -3.82. The van der Waals surface area contributed by atoms with Crippen LogP contribution < -0.4 is 14.3 Å². The van der Waals surface area contributed by atoms with Crippen LogP contribution in [-0.2, 0) is 24.8 Å². The number of anilines is 3. The maximum Gasteiger partial charge on any atom is 0.261 e. The van der Waals surface area contributed by atoms with Gasteiger partial charge >= 0.3 is 0 Å². The van der Waals surface area contributed by atoms with Crippen LogP contribution in [0.15, 0.2) is 71.6 Å². The first-order chi connectivity index (χ1) is 16.3. The van der Waals surface area contributed by atoms with E-state index in [0.717, 1.165) is 27.3 Å². The lowest BCUT2D eigenvalue weighted by Crippen LogP contribution is -2.45. The van der Waals surface area contributed by atoms with Gasteiger partial charge in [-0.25, -0.2) is 16.8 Å². The van der Waals surface area contributed by atoms with Gasteiger partial charge in [0.05, 0.1) is 16.8 Å². The molecule has 0 bridgehead atoms. The molecule has 0 radical (unpaired) electrons. The Labute approximate surface area is 207 Å². The van der Waals surface area contributed by atoms with Gasteiger partial charge < -0.3 is 5.32 Å². The summed E-state index contributed by atoms with van der Waals surface area (Å²) in [5, 5.41) is 2.67. The average molecular weight is 516 g/mol. The number of carbonyl (C=O) groups excluding carboxylic acids is 1. The zero-order valence-electron chi connectivity index (χ0n) is 20.2. The molecule has 1 atom stereocenters. The highest BCUT2D eigenvalue weighted by Crippen LogP contribution is 2.25. The van der Waals surface area contributed by atoms with E-state index in [-0.39, 0.29) is 4.90 Å². The standard InChI is InChI=1S/C25H29N3O5S2/c1-17-6-8-22(9-7-17)27-35(32,33)24-12-10-21(11-13-24)26-25(29)20(4)28(34(5,30)31)23-15-18(2)14-19(3)16-23/h6-16,20,27H,1-5H3,(H,26,29)/t20-/m1/s1. The van der Waals surface area contributed by atoms with Crippen LogP contribution in [0.4, 0.5) is 17.1 Å². The lowest BCUT2D eigenvalue weighted by Gasteiger charge is -2.28. The summed E-state index contributed by atoms with van der Waals surface area (Å²) < 4.78 is 54.0. The molecule has 3 aromatic rings. The number of nitrogens with zero attached hydrogens (tertiary/aromatic N) is 1. The van der Waals surface area contributed by atoms with Crippen LogP contribution in [0.3, 0.4) is 0 Å². The van der Waals surface area contributed by atoms with Crippen molar-refractivity contribution in [3.05, 3.63) is 83.4 Å². The van der Waals surface area contributed by atoms with Crippen molar-refractivity contribution in [3.8, 4) is 0 Å². The summed E-state index contributed by atoms with van der Waals surface area (Å²) in [5.74, 6) is -0.553. The number of benzene rings is 3. The first kappa shape index (κ1) is 26.2.